The fourth-order valence-corrected chi connectivity index (χ4v) is 6.37. The maximum absolute atomic E-state index is 14.0. The minimum atomic E-state index is -0.401. The second-order valence-electron chi connectivity index (χ2n) is 12.6. The lowest BCUT2D eigenvalue weighted by Gasteiger charge is -2.49. The van der Waals surface area contributed by atoms with Gasteiger partial charge in [0.2, 0.25) is 0 Å². The van der Waals surface area contributed by atoms with Crippen LogP contribution in [0.3, 0.4) is 0 Å². The van der Waals surface area contributed by atoms with Gasteiger partial charge in [-0.2, -0.15) is 0 Å². The summed E-state index contributed by atoms with van der Waals surface area (Å²) in [5.41, 5.74) is 4.62. The van der Waals surface area contributed by atoms with Crippen molar-refractivity contribution in [2.24, 2.45) is 10.8 Å². The minimum Gasteiger partial charge on any atom is -0.489 e. The molecule has 0 saturated carbocycles. The number of nitrogens with zero attached hydrogens (tertiary/aromatic N) is 1. The van der Waals surface area contributed by atoms with Crippen LogP contribution in [-0.2, 0) is 20.9 Å². The number of methoxy groups -OCH3 is 1. The van der Waals surface area contributed by atoms with E-state index in [2.05, 4.69) is 32.6 Å². The summed E-state index contributed by atoms with van der Waals surface area (Å²) < 4.78 is 25.4. The van der Waals surface area contributed by atoms with Gasteiger partial charge in [0, 0.05) is 60.5 Å². The van der Waals surface area contributed by atoms with E-state index in [4.69, 9.17) is 9.47 Å². The standard InChI is InChI=1S/C33H38FNO4/c1-32(2)16-25-30(27(36)18-32)29(31-26(35(25)14-15-38-5)17-33(3,4)19-28(31)37)21-10-12-23(13-11-21)39-20-22-8-6-7-9-24(22)34/h6-13,29H,14-20H2,1-5H3. The monoisotopic (exact) mass is 531 g/mol. The number of ether oxygens (including phenoxy) is 2. The van der Waals surface area contributed by atoms with Crippen molar-refractivity contribution in [1.29, 1.82) is 0 Å². The first-order chi connectivity index (χ1) is 18.5. The van der Waals surface area contributed by atoms with Gasteiger partial charge in [0.25, 0.3) is 0 Å². The Bertz CT molecular complexity index is 1300. The van der Waals surface area contributed by atoms with Crippen molar-refractivity contribution in [3.05, 3.63) is 88.0 Å². The van der Waals surface area contributed by atoms with Crippen LogP contribution in [0.2, 0.25) is 0 Å². The summed E-state index contributed by atoms with van der Waals surface area (Å²) in [4.78, 5) is 29.8. The maximum Gasteiger partial charge on any atom is 0.162 e. The zero-order valence-electron chi connectivity index (χ0n) is 23.6. The first kappa shape index (κ1) is 27.3. The van der Waals surface area contributed by atoms with E-state index in [0.717, 1.165) is 40.9 Å². The van der Waals surface area contributed by atoms with Gasteiger partial charge in [0.05, 0.1) is 6.61 Å². The summed E-state index contributed by atoms with van der Waals surface area (Å²) >= 11 is 0. The molecule has 0 bridgehead atoms. The Morgan fingerprint density at radius 3 is 1.95 bits per heavy atom. The van der Waals surface area contributed by atoms with Crippen molar-refractivity contribution in [3.8, 4) is 5.75 Å². The number of hydrogen-bond acceptors (Lipinski definition) is 5. The molecule has 0 unspecified atom stereocenters. The molecule has 1 aliphatic heterocycles. The van der Waals surface area contributed by atoms with Gasteiger partial charge in [-0.1, -0.05) is 58.0 Å². The van der Waals surface area contributed by atoms with Gasteiger partial charge in [-0.3, -0.25) is 9.59 Å². The molecule has 2 aliphatic carbocycles. The molecule has 0 aromatic heterocycles. The molecule has 3 aliphatic rings. The molecule has 2 aromatic rings. The Labute approximate surface area is 230 Å². The van der Waals surface area contributed by atoms with Crippen molar-refractivity contribution in [1.82, 2.24) is 4.90 Å². The van der Waals surface area contributed by atoms with Crippen LogP contribution >= 0.6 is 0 Å². The molecule has 6 heteroatoms. The maximum atomic E-state index is 14.0. The third-order valence-corrected chi connectivity index (χ3v) is 8.11. The van der Waals surface area contributed by atoms with E-state index in [0.29, 0.717) is 37.3 Å². The van der Waals surface area contributed by atoms with Gasteiger partial charge in [-0.05, 0) is 47.4 Å². The lowest BCUT2D eigenvalue weighted by atomic mass is 9.63. The average Bonchev–Trinajstić information content (AvgIpc) is 2.85. The number of carbonyl (C=O) groups is 2. The molecule has 39 heavy (non-hydrogen) atoms. The molecule has 0 amide bonds. The third-order valence-electron chi connectivity index (χ3n) is 8.11. The Kier molecular flexibility index (Phi) is 7.27. The van der Waals surface area contributed by atoms with E-state index in [9.17, 15) is 14.0 Å². The molecule has 206 valence electrons. The summed E-state index contributed by atoms with van der Waals surface area (Å²) in [6, 6.07) is 14.2. The highest BCUT2D eigenvalue weighted by Gasteiger charge is 2.48. The zero-order valence-corrected chi connectivity index (χ0v) is 23.6. The molecule has 0 fully saturated rings. The summed E-state index contributed by atoms with van der Waals surface area (Å²) in [6.07, 6.45) is 2.44. The minimum absolute atomic E-state index is 0.109. The zero-order chi connectivity index (χ0) is 27.9. The van der Waals surface area contributed by atoms with Gasteiger partial charge < -0.3 is 14.4 Å². The predicted molar refractivity (Wildman–Crippen MR) is 149 cm³/mol. The Balaban J connectivity index is 1.56. The first-order valence-electron chi connectivity index (χ1n) is 13.7. The molecule has 1 heterocycles. The Hall–Kier alpha value is -3.25. The largest absolute Gasteiger partial charge is 0.489 e. The molecule has 5 nitrogen and oxygen atoms in total. The fourth-order valence-electron chi connectivity index (χ4n) is 6.37. The van der Waals surface area contributed by atoms with Crippen LogP contribution in [0.1, 0.15) is 70.4 Å². The first-order valence-corrected chi connectivity index (χ1v) is 13.7. The Morgan fingerprint density at radius 2 is 1.41 bits per heavy atom. The van der Waals surface area contributed by atoms with Crippen molar-refractivity contribution in [2.45, 2.75) is 65.9 Å². The number of rotatable bonds is 7. The van der Waals surface area contributed by atoms with E-state index < -0.39 is 5.92 Å². The highest BCUT2D eigenvalue weighted by Crippen LogP contribution is 2.54. The number of halogens is 1. The number of carbonyl (C=O) groups excluding carboxylic acids is 2. The number of hydrogen-bond donors (Lipinski definition) is 0. The lowest BCUT2D eigenvalue weighted by Crippen LogP contribution is -2.45. The topological polar surface area (TPSA) is 55.8 Å². The van der Waals surface area contributed by atoms with E-state index >= 15 is 0 Å². The number of Topliss-reactive ketones (excluding diaryl/α,β-unsaturated/α-hetero) is 2. The van der Waals surface area contributed by atoms with Gasteiger partial charge in [0.15, 0.2) is 11.6 Å². The lowest BCUT2D eigenvalue weighted by molar-refractivity contribution is -0.119. The molecule has 2 aromatic carbocycles. The van der Waals surface area contributed by atoms with Gasteiger partial charge in [0.1, 0.15) is 18.2 Å². The fraction of sp³-hybridized carbons (Fsp3) is 0.455. The number of allylic oxidation sites excluding steroid dienone is 4. The van der Waals surface area contributed by atoms with E-state index in [1.54, 1.807) is 25.3 Å². The smallest absolute Gasteiger partial charge is 0.162 e. The Morgan fingerprint density at radius 1 is 0.846 bits per heavy atom. The van der Waals surface area contributed by atoms with Crippen LogP contribution in [0.5, 0.6) is 5.75 Å². The summed E-state index contributed by atoms with van der Waals surface area (Å²) in [5.74, 6) is 0.123. The van der Waals surface area contributed by atoms with Gasteiger partial charge in [-0.25, -0.2) is 4.39 Å². The van der Waals surface area contributed by atoms with Crippen LogP contribution in [0.25, 0.3) is 0 Å². The van der Waals surface area contributed by atoms with Crippen molar-refractivity contribution < 1.29 is 23.5 Å². The number of benzene rings is 2. The van der Waals surface area contributed by atoms with Gasteiger partial charge in [-0.15, -0.1) is 0 Å². The van der Waals surface area contributed by atoms with Crippen LogP contribution in [0, 0.1) is 16.6 Å². The van der Waals surface area contributed by atoms with Crippen LogP contribution in [0.4, 0.5) is 4.39 Å². The molecular weight excluding hydrogens is 493 g/mol. The van der Waals surface area contributed by atoms with E-state index in [1.807, 2.05) is 24.3 Å². The molecular formula is C33H38FNO4. The van der Waals surface area contributed by atoms with Gasteiger partial charge >= 0.3 is 0 Å². The van der Waals surface area contributed by atoms with Crippen LogP contribution < -0.4 is 4.74 Å². The SMILES string of the molecule is COCCN1C2=C(C(=O)CC(C)(C)C2)C(c2ccc(OCc3ccccc3F)cc2)C2=C1CC(C)(C)CC2=O. The molecule has 0 spiro atoms. The second-order valence-corrected chi connectivity index (χ2v) is 12.6. The third kappa shape index (κ3) is 5.44. The summed E-state index contributed by atoms with van der Waals surface area (Å²) in [7, 11) is 1.68. The van der Waals surface area contributed by atoms with E-state index in [-0.39, 0.29) is 34.8 Å². The van der Waals surface area contributed by atoms with Crippen molar-refractivity contribution in [3.63, 3.8) is 0 Å². The highest BCUT2D eigenvalue weighted by molar-refractivity contribution is 6.06. The quantitative estimate of drug-likeness (QED) is 0.396. The summed E-state index contributed by atoms with van der Waals surface area (Å²) in [5, 5.41) is 0. The van der Waals surface area contributed by atoms with Crippen molar-refractivity contribution >= 4 is 11.6 Å². The molecule has 0 N–H and O–H groups in total. The predicted octanol–water partition coefficient (Wildman–Crippen LogP) is 6.74. The normalized spacial score (nSPS) is 20.7. The average molecular weight is 532 g/mol. The summed E-state index contributed by atoms with van der Waals surface area (Å²) in [6.45, 7) is 9.79. The molecule has 0 atom stereocenters. The molecule has 0 saturated heterocycles. The molecule has 0 radical (unpaired) electrons. The van der Waals surface area contributed by atoms with Crippen LogP contribution in [0.15, 0.2) is 71.1 Å². The number of ketones is 2. The highest BCUT2D eigenvalue weighted by atomic mass is 19.1. The van der Waals surface area contributed by atoms with E-state index in [1.165, 1.54) is 6.07 Å². The van der Waals surface area contributed by atoms with Crippen molar-refractivity contribution in [2.75, 3.05) is 20.3 Å². The molecule has 5 rings (SSSR count). The van der Waals surface area contributed by atoms with Crippen LogP contribution in [-0.4, -0.2) is 36.7 Å². The second kappa shape index (κ2) is 10.4.